The van der Waals surface area contributed by atoms with Gasteiger partial charge in [0.1, 0.15) is 0 Å². The third-order valence-corrected chi connectivity index (χ3v) is 2.36. The zero-order valence-electron chi connectivity index (χ0n) is 6.18. The summed E-state index contributed by atoms with van der Waals surface area (Å²) in [6, 6.07) is 2.78. The van der Waals surface area contributed by atoms with Crippen LogP contribution in [0.15, 0.2) is 16.6 Å². The molecule has 0 bridgehead atoms. The number of ether oxygens (including phenoxy) is 2. The van der Waals surface area contributed by atoms with Gasteiger partial charge in [-0.25, -0.2) is 0 Å². The van der Waals surface area contributed by atoms with Crippen LogP contribution < -0.4 is 15.2 Å². The van der Waals surface area contributed by atoms with Crippen LogP contribution in [-0.2, 0) is 0 Å². The molecule has 1 aromatic carbocycles. The Kier molecular flexibility index (Phi) is 1.63. The molecule has 0 aromatic heterocycles. The second kappa shape index (κ2) is 2.47. The fourth-order valence-corrected chi connectivity index (χ4v) is 1.41. The fourth-order valence-electron chi connectivity index (χ4n) is 0.997. The normalized spacial score (nSPS) is 17.5. The van der Waals surface area contributed by atoms with E-state index in [1.165, 1.54) is 12.1 Å². The van der Waals surface area contributed by atoms with E-state index in [0.717, 1.165) is 0 Å². The zero-order chi connectivity index (χ0) is 9.64. The summed E-state index contributed by atoms with van der Waals surface area (Å²) in [5.74, 6) is -0.0870. The molecule has 1 aliphatic heterocycles. The number of fused-ring (bicyclic) bond motifs is 1. The average molecular weight is 252 g/mol. The van der Waals surface area contributed by atoms with Crippen LogP contribution in [0.5, 0.6) is 11.5 Å². The van der Waals surface area contributed by atoms with Crippen molar-refractivity contribution in [2.45, 2.75) is 6.29 Å². The van der Waals surface area contributed by atoms with Gasteiger partial charge in [-0.05, 0) is 28.1 Å². The molecular formula is C7H4BrF2NO2. The van der Waals surface area contributed by atoms with Crippen molar-refractivity contribution < 1.29 is 18.3 Å². The van der Waals surface area contributed by atoms with E-state index < -0.39 is 6.29 Å². The number of alkyl halides is 2. The molecule has 0 fully saturated rings. The minimum absolute atomic E-state index is 0.0222. The van der Waals surface area contributed by atoms with Gasteiger partial charge in [0.15, 0.2) is 11.5 Å². The van der Waals surface area contributed by atoms with Crippen LogP contribution in [0.1, 0.15) is 0 Å². The minimum atomic E-state index is -3.60. The van der Waals surface area contributed by atoms with Crippen molar-refractivity contribution in [1.29, 1.82) is 0 Å². The first-order valence-electron chi connectivity index (χ1n) is 3.33. The van der Waals surface area contributed by atoms with Gasteiger partial charge in [-0.2, -0.15) is 0 Å². The molecule has 0 amide bonds. The van der Waals surface area contributed by atoms with Crippen LogP contribution in [0, 0.1) is 0 Å². The summed E-state index contributed by atoms with van der Waals surface area (Å²) < 4.78 is 33.8. The second-order valence-electron chi connectivity index (χ2n) is 2.46. The van der Waals surface area contributed by atoms with E-state index in [4.69, 9.17) is 5.73 Å². The maximum absolute atomic E-state index is 12.5. The van der Waals surface area contributed by atoms with E-state index >= 15 is 0 Å². The molecule has 6 heteroatoms. The molecule has 0 aliphatic carbocycles. The van der Waals surface area contributed by atoms with Crippen molar-refractivity contribution in [3.63, 3.8) is 0 Å². The number of rotatable bonds is 0. The summed E-state index contributed by atoms with van der Waals surface area (Å²) in [4.78, 5) is 0. The first-order valence-corrected chi connectivity index (χ1v) is 4.13. The quantitative estimate of drug-likeness (QED) is 0.721. The summed E-state index contributed by atoms with van der Waals surface area (Å²) in [7, 11) is 0. The number of nitrogens with two attached hydrogens (primary N) is 1. The van der Waals surface area contributed by atoms with Gasteiger partial charge >= 0.3 is 6.29 Å². The minimum Gasteiger partial charge on any atom is -0.398 e. The molecule has 1 heterocycles. The molecule has 2 N–H and O–H groups in total. The van der Waals surface area contributed by atoms with E-state index in [-0.39, 0.29) is 16.0 Å². The molecule has 0 saturated heterocycles. The van der Waals surface area contributed by atoms with E-state index in [1.807, 2.05) is 0 Å². The van der Waals surface area contributed by atoms with Gasteiger partial charge < -0.3 is 15.2 Å². The lowest BCUT2D eigenvalue weighted by Gasteiger charge is -2.04. The Morgan fingerprint density at radius 3 is 2.69 bits per heavy atom. The topological polar surface area (TPSA) is 44.5 Å². The third-order valence-electron chi connectivity index (χ3n) is 1.54. The number of hydrogen-bond donors (Lipinski definition) is 1. The lowest BCUT2D eigenvalue weighted by atomic mass is 10.3. The van der Waals surface area contributed by atoms with E-state index in [9.17, 15) is 8.78 Å². The number of hydrogen-bond acceptors (Lipinski definition) is 3. The second-order valence-corrected chi connectivity index (χ2v) is 3.26. The number of anilines is 1. The molecule has 0 spiro atoms. The maximum Gasteiger partial charge on any atom is 0.586 e. The zero-order valence-corrected chi connectivity index (χ0v) is 7.77. The summed E-state index contributed by atoms with van der Waals surface area (Å²) >= 11 is 3.02. The average Bonchev–Trinajstić information content (AvgIpc) is 2.34. The van der Waals surface area contributed by atoms with Crippen molar-refractivity contribution in [3.05, 3.63) is 16.6 Å². The van der Waals surface area contributed by atoms with Gasteiger partial charge in [-0.3, -0.25) is 0 Å². The lowest BCUT2D eigenvalue weighted by molar-refractivity contribution is -0.286. The third kappa shape index (κ3) is 1.31. The summed E-state index contributed by atoms with van der Waals surface area (Å²) in [5.41, 5.74) is 5.77. The Labute approximate surface area is 80.6 Å². The molecule has 2 rings (SSSR count). The predicted octanol–water partition coefficient (Wildman–Crippen LogP) is 2.35. The molecule has 13 heavy (non-hydrogen) atoms. The number of nitrogen functional groups attached to an aromatic ring is 1. The highest BCUT2D eigenvalue weighted by atomic mass is 79.9. The molecule has 3 nitrogen and oxygen atoms in total. The van der Waals surface area contributed by atoms with Gasteiger partial charge in [-0.1, -0.05) is 0 Å². The van der Waals surface area contributed by atoms with Crippen molar-refractivity contribution in [3.8, 4) is 11.5 Å². The molecular weight excluding hydrogens is 248 g/mol. The van der Waals surface area contributed by atoms with E-state index in [2.05, 4.69) is 25.4 Å². The molecule has 0 radical (unpaired) electrons. The largest absolute Gasteiger partial charge is 0.586 e. The summed E-state index contributed by atoms with van der Waals surface area (Å²) in [6.45, 7) is 0. The summed E-state index contributed by atoms with van der Waals surface area (Å²) in [6.07, 6.45) is -3.60. The molecule has 70 valence electrons. The van der Waals surface area contributed by atoms with Crippen molar-refractivity contribution in [2.75, 3.05) is 5.73 Å². The van der Waals surface area contributed by atoms with Crippen LogP contribution in [0.2, 0.25) is 0 Å². The summed E-state index contributed by atoms with van der Waals surface area (Å²) in [5, 5.41) is 0. The van der Waals surface area contributed by atoms with Crippen molar-refractivity contribution in [1.82, 2.24) is 0 Å². The predicted molar refractivity (Wildman–Crippen MR) is 44.8 cm³/mol. The Morgan fingerprint density at radius 2 is 2.00 bits per heavy atom. The molecule has 0 unspecified atom stereocenters. The molecule has 0 saturated carbocycles. The standard InChI is InChI=1S/C7H4BrF2NO2/c8-5-3(11)1-2-4-6(5)13-7(9,10)12-4/h1-2H,11H2. The number of benzene rings is 1. The van der Waals surface area contributed by atoms with Crippen molar-refractivity contribution in [2.24, 2.45) is 0 Å². The highest BCUT2D eigenvalue weighted by Gasteiger charge is 2.44. The first-order chi connectivity index (χ1) is 5.99. The van der Waals surface area contributed by atoms with Crippen LogP contribution in [0.4, 0.5) is 14.5 Å². The van der Waals surface area contributed by atoms with Crippen LogP contribution in [0.3, 0.4) is 0 Å². The van der Waals surface area contributed by atoms with Gasteiger partial charge in [0.2, 0.25) is 0 Å². The van der Waals surface area contributed by atoms with E-state index in [0.29, 0.717) is 5.69 Å². The van der Waals surface area contributed by atoms with Gasteiger partial charge in [0.05, 0.1) is 4.47 Å². The Hall–Kier alpha value is -1.04. The van der Waals surface area contributed by atoms with Crippen LogP contribution >= 0.6 is 15.9 Å². The number of halogens is 3. The fraction of sp³-hybridized carbons (Fsp3) is 0.143. The Bertz CT molecular complexity index is 370. The van der Waals surface area contributed by atoms with Crippen LogP contribution in [0.25, 0.3) is 0 Å². The SMILES string of the molecule is Nc1ccc2c(c1Br)OC(F)(F)O2. The Morgan fingerprint density at radius 1 is 1.31 bits per heavy atom. The van der Waals surface area contributed by atoms with Gasteiger partial charge in [0, 0.05) is 5.69 Å². The highest BCUT2D eigenvalue weighted by Crippen LogP contribution is 2.47. The molecule has 1 aromatic rings. The monoisotopic (exact) mass is 251 g/mol. The van der Waals surface area contributed by atoms with E-state index in [1.54, 1.807) is 0 Å². The molecule has 0 atom stereocenters. The maximum atomic E-state index is 12.5. The van der Waals surface area contributed by atoms with Gasteiger partial charge in [-0.15, -0.1) is 8.78 Å². The Balaban J connectivity index is 2.53. The lowest BCUT2D eigenvalue weighted by Crippen LogP contribution is -2.26. The smallest absolute Gasteiger partial charge is 0.398 e. The van der Waals surface area contributed by atoms with Gasteiger partial charge in [0.25, 0.3) is 0 Å². The first kappa shape index (κ1) is 8.55. The van der Waals surface area contributed by atoms with Crippen molar-refractivity contribution >= 4 is 21.6 Å². The highest BCUT2D eigenvalue weighted by molar-refractivity contribution is 9.10. The van der Waals surface area contributed by atoms with Crippen LogP contribution in [-0.4, -0.2) is 6.29 Å². The molecule has 1 aliphatic rings.